The number of H-pyrrole nitrogens is 1. The van der Waals surface area contributed by atoms with Gasteiger partial charge in [-0.1, -0.05) is 17.7 Å². The van der Waals surface area contributed by atoms with Gasteiger partial charge in [-0.15, -0.1) is 0 Å². The molecule has 7 heteroatoms. The summed E-state index contributed by atoms with van der Waals surface area (Å²) in [5, 5.41) is 14.2. The predicted molar refractivity (Wildman–Crippen MR) is 71.7 cm³/mol. The Morgan fingerprint density at radius 2 is 2.15 bits per heavy atom. The minimum atomic E-state index is -0.531. The van der Waals surface area contributed by atoms with Crippen LogP contribution in [0.1, 0.15) is 11.1 Å². The first-order chi connectivity index (χ1) is 9.58. The molecule has 0 amide bonds. The minimum Gasteiger partial charge on any atom is -0.493 e. The van der Waals surface area contributed by atoms with Gasteiger partial charge in [0.05, 0.1) is 11.8 Å². The lowest BCUT2D eigenvalue weighted by molar-refractivity contribution is 0.427. The van der Waals surface area contributed by atoms with Crippen molar-refractivity contribution in [2.45, 2.75) is 6.42 Å². The van der Waals surface area contributed by atoms with Crippen molar-refractivity contribution in [3.63, 3.8) is 0 Å². The van der Waals surface area contributed by atoms with Crippen LogP contribution in [0.2, 0.25) is 5.02 Å². The van der Waals surface area contributed by atoms with Crippen molar-refractivity contribution in [3.05, 3.63) is 62.8 Å². The van der Waals surface area contributed by atoms with Crippen LogP contribution in [0.25, 0.3) is 5.65 Å². The van der Waals surface area contributed by atoms with Gasteiger partial charge in [0.2, 0.25) is 5.88 Å². The normalized spacial score (nSPS) is 11.1. The summed E-state index contributed by atoms with van der Waals surface area (Å²) in [6.45, 7) is 0. The summed E-state index contributed by atoms with van der Waals surface area (Å²) in [6.07, 6.45) is 1.31. The smallest absolute Gasteiger partial charge is 0.258 e. The zero-order valence-electron chi connectivity index (χ0n) is 10.1. The molecular weight excluding hydrogens is 285 g/mol. The van der Waals surface area contributed by atoms with Crippen molar-refractivity contribution >= 4 is 17.2 Å². The molecule has 2 N–H and O–H groups in total. The molecule has 0 aliphatic heterocycles. The molecule has 0 spiro atoms. The van der Waals surface area contributed by atoms with Crippen LogP contribution in [0.4, 0.5) is 4.39 Å². The number of hydrogen-bond acceptors (Lipinski definition) is 3. The fourth-order valence-electron chi connectivity index (χ4n) is 2.03. The van der Waals surface area contributed by atoms with Gasteiger partial charge in [-0.25, -0.2) is 4.39 Å². The zero-order chi connectivity index (χ0) is 14.3. The first-order valence-electron chi connectivity index (χ1n) is 5.78. The van der Waals surface area contributed by atoms with E-state index in [-0.39, 0.29) is 28.5 Å². The second kappa shape index (κ2) is 4.64. The molecule has 0 bridgehead atoms. The van der Waals surface area contributed by atoms with E-state index in [1.54, 1.807) is 6.07 Å². The van der Waals surface area contributed by atoms with Gasteiger partial charge in [-0.2, -0.15) is 9.61 Å². The molecule has 0 atom stereocenters. The molecule has 1 aromatic carbocycles. The quantitative estimate of drug-likeness (QED) is 0.760. The molecule has 0 aliphatic carbocycles. The Hall–Kier alpha value is -2.34. The van der Waals surface area contributed by atoms with Crippen molar-refractivity contribution in [2.24, 2.45) is 0 Å². The van der Waals surface area contributed by atoms with E-state index < -0.39 is 11.4 Å². The van der Waals surface area contributed by atoms with E-state index in [0.29, 0.717) is 5.65 Å². The van der Waals surface area contributed by atoms with Gasteiger partial charge < -0.3 is 10.1 Å². The number of rotatable bonds is 2. The Balaban J connectivity index is 2.18. The third-order valence-electron chi connectivity index (χ3n) is 3.04. The van der Waals surface area contributed by atoms with Crippen LogP contribution >= 0.6 is 11.6 Å². The van der Waals surface area contributed by atoms with Crippen LogP contribution in [0.3, 0.4) is 0 Å². The third-order valence-corrected chi connectivity index (χ3v) is 3.40. The molecule has 0 saturated heterocycles. The molecule has 20 heavy (non-hydrogen) atoms. The molecule has 0 fully saturated rings. The number of hydrogen-bond donors (Lipinski definition) is 2. The van der Waals surface area contributed by atoms with E-state index in [1.165, 1.54) is 28.9 Å². The minimum absolute atomic E-state index is 0.00759. The van der Waals surface area contributed by atoms with E-state index in [9.17, 15) is 14.3 Å². The number of aromatic hydroxyl groups is 1. The Kier molecular flexibility index (Phi) is 2.94. The third kappa shape index (κ3) is 1.94. The van der Waals surface area contributed by atoms with Gasteiger partial charge in [0.1, 0.15) is 11.5 Å². The van der Waals surface area contributed by atoms with Gasteiger partial charge in [0.25, 0.3) is 5.56 Å². The Morgan fingerprint density at radius 1 is 1.35 bits per heavy atom. The van der Waals surface area contributed by atoms with Crippen molar-refractivity contribution in [1.29, 1.82) is 0 Å². The molecular formula is C13H9ClFN3O2. The summed E-state index contributed by atoms with van der Waals surface area (Å²) in [5.74, 6) is -0.857. The lowest BCUT2D eigenvalue weighted by Gasteiger charge is -2.08. The molecule has 3 rings (SSSR count). The molecule has 102 valence electrons. The van der Waals surface area contributed by atoms with E-state index >= 15 is 0 Å². The van der Waals surface area contributed by atoms with Crippen LogP contribution in [0, 0.1) is 5.82 Å². The first-order valence-corrected chi connectivity index (χ1v) is 6.16. The second-order valence-corrected chi connectivity index (χ2v) is 4.67. The summed E-state index contributed by atoms with van der Waals surface area (Å²) in [5.41, 5.74) is 0.0142. The Labute approximate surface area is 117 Å². The number of aromatic amines is 1. The van der Waals surface area contributed by atoms with Crippen molar-refractivity contribution < 1.29 is 9.50 Å². The van der Waals surface area contributed by atoms with Gasteiger partial charge in [-0.3, -0.25) is 4.79 Å². The van der Waals surface area contributed by atoms with Crippen molar-refractivity contribution in [2.75, 3.05) is 0 Å². The fraction of sp³-hybridized carbons (Fsp3) is 0.0769. The van der Waals surface area contributed by atoms with E-state index in [4.69, 9.17) is 11.6 Å². The molecule has 2 aromatic heterocycles. The van der Waals surface area contributed by atoms with Gasteiger partial charge in [0, 0.05) is 23.1 Å². The Morgan fingerprint density at radius 3 is 2.90 bits per heavy atom. The lowest BCUT2D eigenvalue weighted by Crippen LogP contribution is -2.16. The second-order valence-electron chi connectivity index (χ2n) is 4.26. The van der Waals surface area contributed by atoms with Crippen LogP contribution in [-0.4, -0.2) is 19.7 Å². The highest BCUT2D eigenvalue weighted by Crippen LogP contribution is 2.24. The highest BCUT2D eigenvalue weighted by molar-refractivity contribution is 6.31. The van der Waals surface area contributed by atoms with Gasteiger partial charge >= 0.3 is 0 Å². The number of nitrogens with zero attached hydrogens (tertiary/aromatic N) is 2. The average Bonchev–Trinajstić information content (AvgIpc) is 2.85. The summed E-state index contributed by atoms with van der Waals surface area (Å²) < 4.78 is 14.9. The summed E-state index contributed by atoms with van der Waals surface area (Å²) in [6, 6.07) is 5.79. The van der Waals surface area contributed by atoms with Crippen LogP contribution in [0.5, 0.6) is 5.88 Å². The summed E-state index contributed by atoms with van der Waals surface area (Å²) in [7, 11) is 0. The maximum atomic E-state index is 13.8. The maximum Gasteiger partial charge on any atom is 0.258 e. The van der Waals surface area contributed by atoms with Crippen molar-refractivity contribution in [3.8, 4) is 5.88 Å². The molecule has 0 radical (unpaired) electrons. The van der Waals surface area contributed by atoms with Crippen LogP contribution in [-0.2, 0) is 6.42 Å². The standard InChI is InChI=1S/C13H9ClFN3O2/c14-9-2-1-3-10(15)7(9)6-8-12(19)17-11-4-5-16-18(11)13(8)20/h1-5,20H,6H2,(H,17,19). The SMILES string of the molecule is O=c1[nH]c2ccnn2c(O)c1Cc1c(F)cccc1Cl. The molecule has 2 heterocycles. The van der Waals surface area contributed by atoms with Crippen molar-refractivity contribution in [1.82, 2.24) is 14.6 Å². The largest absolute Gasteiger partial charge is 0.493 e. The number of fused-ring (bicyclic) bond motifs is 1. The number of halogens is 2. The average molecular weight is 294 g/mol. The predicted octanol–water partition coefficient (Wildman–Crippen LogP) is 2.11. The molecule has 0 unspecified atom stereocenters. The maximum absolute atomic E-state index is 13.8. The first kappa shape index (κ1) is 12.7. The van der Waals surface area contributed by atoms with E-state index in [0.717, 1.165) is 0 Å². The molecule has 5 nitrogen and oxygen atoms in total. The number of nitrogens with one attached hydrogen (secondary N) is 1. The fourth-order valence-corrected chi connectivity index (χ4v) is 2.26. The van der Waals surface area contributed by atoms with Crippen LogP contribution in [0.15, 0.2) is 35.3 Å². The summed E-state index contributed by atoms with van der Waals surface area (Å²) >= 11 is 5.92. The summed E-state index contributed by atoms with van der Waals surface area (Å²) in [4.78, 5) is 14.5. The topological polar surface area (TPSA) is 70.4 Å². The molecule has 0 saturated carbocycles. The van der Waals surface area contributed by atoms with E-state index in [1.807, 2.05) is 0 Å². The molecule has 0 aliphatic rings. The van der Waals surface area contributed by atoms with E-state index in [2.05, 4.69) is 10.1 Å². The highest BCUT2D eigenvalue weighted by atomic mass is 35.5. The highest BCUT2D eigenvalue weighted by Gasteiger charge is 2.16. The van der Waals surface area contributed by atoms with Crippen LogP contribution < -0.4 is 5.56 Å². The monoisotopic (exact) mass is 293 g/mol. The number of benzene rings is 1. The zero-order valence-corrected chi connectivity index (χ0v) is 10.9. The van der Waals surface area contributed by atoms with Gasteiger partial charge in [-0.05, 0) is 12.1 Å². The van der Waals surface area contributed by atoms with Gasteiger partial charge in [0.15, 0.2) is 0 Å². The number of aromatic nitrogens is 3. The Bertz CT molecular complexity index is 836. The lowest BCUT2D eigenvalue weighted by atomic mass is 10.1. The molecule has 3 aromatic rings.